The molecule has 0 radical (unpaired) electrons. The van der Waals surface area contributed by atoms with Crippen molar-refractivity contribution in [3.63, 3.8) is 0 Å². The zero-order valence-electron chi connectivity index (χ0n) is 14.6. The molecule has 5 nitrogen and oxygen atoms in total. The molecule has 3 fully saturated rings. The summed E-state index contributed by atoms with van der Waals surface area (Å²) in [4.78, 5) is 39.2. The van der Waals surface area contributed by atoms with E-state index < -0.39 is 5.97 Å². The molecule has 2 saturated carbocycles. The Morgan fingerprint density at radius 1 is 1.16 bits per heavy atom. The number of esters is 1. The lowest BCUT2D eigenvalue weighted by Crippen LogP contribution is -2.32. The van der Waals surface area contributed by atoms with Gasteiger partial charge in [-0.1, -0.05) is 19.9 Å². The van der Waals surface area contributed by atoms with Crippen molar-refractivity contribution in [1.82, 2.24) is 0 Å². The molecule has 1 aromatic rings. The molecule has 2 aliphatic carbocycles. The fourth-order valence-electron chi connectivity index (χ4n) is 4.76. The molecule has 0 unspecified atom stereocenters. The summed E-state index contributed by atoms with van der Waals surface area (Å²) in [5.74, 6) is 0.0697. The number of ether oxygens (including phenoxy) is 1. The van der Waals surface area contributed by atoms with Gasteiger partial charge in [0, 0.05) is 0 Å². The first kappa shape index (κ1) is 16.3. The molecule has 0 N–H and O–H groups in total. The Balaban J connectivity index is 1.58. The van der Waals surface area contributed by atoms with Gasteiger partial charge < -0.3 is 4.74 Å². The van der Waals surface area contributed by atoms with Crippen LogP contribution in [0.1, 0.15) is 43.5 Å². The lowest BCUT2D eigenvalue weighted by Gasteiger charge is -2.19. The Kier molecular flexibility index (Phi) is 3.89. The van der Waals surface area contributed by atoms with E-state index in [9.17, 15) is 14.4 Å². The smallest absolute Gasteiger partial charge is 0.338 e. The number of rotatable bonds is 4. The number of anilines is 1. The number of nitrogens with zero attached hydrogens (tertiary/aromatic N) is 1. The second-order valence-electron chi connectivity index (χ2n) is 7.94. The van der Waals surface area contributed by atoms with Crippen molar-refractivity contribution in [2.75, 3.05) is 11.5 Å². The highest BCUT2D eigenvalue weighted by Gasteiger charge is 2.61. The van der Waals surface area contributed by atoms with Crippen molar-refractivity contribution < 1.29 is 19.1 Å². The highest BCUT2D eigenvalue weighted by Crippen LogP contribution is 2.56. The van der Waals surface area contributed by atoms with Gasteiger partial charge in [0.15, 0.2) is 0 Å². The minimum Gasteiger partial charge on any atom is -0.462 e. The van der Waals surface area contributed by atoms with Gasteiger partial charge in [-0.05, 0) is 55.2 Å². The van der Waals surface area contributed by atoms with E-state index >= 15 is 0 Å². The van der Waals surface area contributed by atoms with E-state index in [4.69, 9.17) is 4.74 Å². The van der Waals surface area contributed by atoms with Gasteiger partial charge in [0.1, 0.15) is 0 Å². The molecule has 1 heterocycles. The molecule has 2 amide bonds. The second-order valence-corrected chi connectivity index (χ2v) is 7.94. The fourth-order valence-corrected chi connectivity index (χ4v) is 4.76. The van der Waals surface area contributed by atoms with Gasteiger partial charge in [-0.15, -0.1) is 0 Å². The monoisotopic (exact) mass is 341 g/mol. The topological polar surface area (TPSA) is 63.7 Å². The summed E-state index contributed by atoms with van der Waals surface area (Å²) in [6, 6.07) is 6.67. The molecule has 1 aliphatic heterocycles. The summed E-state index contributed by atoms with van der Waals surface area (Å²) >= 11 is 0. The Labute approximate surface area is 147 Å². The molecule has 0 spiro atoms. The summed E-state index contributed by atoms with van der Waals surface area (Å²) < 4.78 is 5.25. The van der Waals surface area contributed by atoms with Crippen LogP contribution in [0.25, 0.3) is 0 Å². The molecule has 0 aromatic heterocycles. The number of benzene rings is 1. The largest absolute Gasteiger partial charge is 0.462 e. The van der Waals surface area contributed by atoms with Crippen LogP contribution in [0, 0.1) is 29.6 Å². The fraction of sp³-hybridized carbons (Fsp3) is 0.550. The highest BCUT2D eigenvalue weighted by atomic mass is 16.5. The SMILES string of the molecule is CC(C)COC(=O)c1cccc(N2C(=O)[C@@H]3[C@H]4CC[C@H](C4)[C@@H]3C2=O)c1. The van der Waals surface area contributed by atoms with E-state index in [1.807, 2.05) is 13.8 Å². The van der Waals surface area contributed by atoms with Crippen LogP contribution in [0.3, 0.4) is 0 Å². The van der Waals surface area contributed by atoms with Gasteiger partial charge in [-0.3, -0.25) is 14.5 Å². The van der Waals surface area contributed by atoms with Crippen LogP contribution in [0.2, 0.25) is 0 Å². The highest BCUT2D eigenvalue weighted by molar-refractivity contribution is 6.22. The molecule has 3 aliphatic rings. The van der Waals surface area contributed by atoms with Gasteiger partial charge in [0.25, 0.3) is 0 Å². The summed E-state index contributed by atoms with van der Waals surface area (Å²) in [5.41, 5.74) is 0.863. The summed E-state index contributed by atoms with van der Waals surface area (Å²) in [6.07, 6.45) is 3.13. The van der Waals surface area contributed by atoms with Crippen molar-refractivity contribution in [3.05, 3.63) is 29.8 Å². The third kappa shape index (κ3) is 2.57. The Bertz CT molecular complexity index is 713. The number of amides is 2. The quantitative estimate of drug-likeness (QED) is 0.624. The lowest BCUT2D eigenvalue weighted by molar-refractivity contribution is -0.123. The van der Waals surface area contributed by atoms with Crippen LogP contribution < -0.4 is 4.90 Å². The van der Waals surface area contributed by atoms with Gasteiger partial charge in [0.05, 0.1) is 29.7 Å². The standard InChI is InChI=1S/C20H23NO4/c1-11(2)10-25-20(24)14-4-3-5-15(9-14)21-18(22)16-12-6-7-13(8-12)17(16)19(21)23/h3-5,9,11-13,16-17H,6-8,10H2,1-2H3/t12-,13+,16+,17-. The predicted octanol–water partition coefficient (Wildman–Crippen LogP) is 3.03. The van der Waals surface area contributed by atoms with E-state index in [0.29, 0.717) is 29.7 Å². The van der Waals surface area contributed by atoms with Gasteiger partial charge in [0.2, 0.25) is 11.8 Å². The first-order valence-electron chi connectivity index (χ1n) is 9.12. The second kappa shape index (κ2) is 5.97. The van der Waals surface area contributed by atoms with Gasteiger partial charge >= 0.3 is 5.97 Å². The van der Waals surface area contributed by atoms with Crippen molar-refractivity contribution in [2.45, 2.75) is 33.1 Å². The summed E-state index contributed by atoms with van der Waals surface area (Å²) in [6.45, 7) is 4.29. The normalized spacial score (nSPS) is 30.3. The molecular formula is C20H23NO4. The van der Waals surface area contributed by atoms with E-state index in [1.54, 1.807) is 24.3 Å². The number of carbonyl (C=O) groups excluding carboxylic acids is 3. The van der Waals surface area contributed by atoms with E-state index in [0.717, 1.165) is 19.3 Å². The maximum atomic E-state index is 12.9. The number of hydrogen-bond acceptors (Lipinski definition) is 4. The molecule has 132 valence electrons. The number of imide groups is 1. The van der Waals surface area contributed by atoms with E-state index in [1.165, 1.54) is 4.90 Å². The zero-order chi connectivity index (χ0) is 17.7. The Hall–Kier alpha value is -2.17. The third-order valence-electron chi connectivity index (χ3n) is 5.82. The first-order valence-corrected chi connectivity index (χ1v) is 9.12. The van der Waals surface area contributed by atoms with Crippen LogP contribution in [0.15, 0.2) is 24.3 Å². The maximum absolute atomic E-state index is 12.9. The molecular weight excluding hydrogens is 318 g/mol. The maximum Gasteiger partial charge on any atom is 0.338 e. The molecule has 25 heavy (non-hydrogen) atoms. The minimum absolute atomic E-state index is 0.0881. The first-order chi connectivity index (χ1) is 12.0. The third-order valence-corrected chi connectivity index (χ3v) is 5.82. The summed E-state index contributed by atoms with van der Waals surface area (Å²) in [5, 5.41) is 0. The van der Waals surface area contributed by atoms with Crippen molar-refractivity contribution in [2.24, 2.45) is 29.6 Å². The Morgan fingerprint density at radius 3 is 2.40 bits per heavy atom. The van der Waals surface area contributed by atoms with Crippen LogP contribution in [0.5, 0.6) is 0 Å². The number of fused-ring (bicyclic) bond motifs is 5. The molecule has 4 atom stereocenters. The van der Waals surface area contributed by atoms with Crippen LogP contribution in [0.4, 0.5) is 5.69 Å². The van der Waals surface area contributed by atoms with Crippen molar-refractivity contribution in [1.29, 1.82) is 0 Å². The van der Waals surface area contributed by atoms with E-state index in [2.05, 4.69) is 0 Å². The molecule has 1 saturated heterocycles. The average Bonchev–Trinajstić information content (AvgIpc) is 3.26. The predicted molar refractivity (Wildman–Crippen MR) is 91.9 cm³/mol. The van der Waals surface area contributed by atoms with Crippen LogP contribution in [-0.2, 0) is 14.3 Å². The Morgan fingerprint density at radius 2 is 1.80 bits per heavy atom. The van der Waals surface area contributed by atoms with Crippen LogP contribution >= 0.6 is 0 Å². The van der Waals surface area contributed by atoms with Crippen molar-refractivity contribution >= 4 is 23.5 Å². The zero-order valence-corrected chi connectivity index (χ0v) is 14.6. The minimum atomic E-state index is -0.421. The van der Waals surface area contributed by atoms with Crippen molar-refractivity contribution in [3.8, 4) is 0 Å². The number of hydrogen-bond donors (Lipinski definition) is 0. The van der Waals surface area contributed by atoms with Gasteiger partial charge in [-0.25, -0.2) is 4.79 Å². The molecule has 1 aromatic carbocycles. The molecule has 5 heteroatoms. The van der Waals surface area contributed by atoms with Crippen LogP contribution in [-0.4, -0.2) is 24.4 Å². The number of carbonyl (C=O) groups is 3. The molecule has 4 rings (SSSR count). The van der Waals surface area contributed by atoms with E-state index in [-0.39, 0.29) is 29.6 Å². The molecule has 2 bridgehead atoms. The summed E-state index contributed by atoms with van der Waals surface area (Å²) in [7, 11) is 0. The van der Waals surface area contributed by atoms with Gasteiger partial charge in [-0.2, -0.15) is 0 Å². The average molecular weight is 341 g/mol. The lowest BCUT2D eigenvalue weighted by atomic mass is 9.81.